The lowest BCUT2D eigenvalue weighted by atomic mass is 9.80. The maximum Gasteiger partial charge on any atom is 0.154 e. The summed E-state index contributed by atoms with van der Waals surface area (Å²) in [6.45, 7) is 8.31. The van der Waals surface area contributed by atoms with Crippen LogP contribution in [0.15, 0.2) is 0 Å². The van der Waals surface area contributed by atoms with Gasteiger partial charge in [-0.15, -0.1) is 0 Å². The van der Waals surface area contributed by atoms with Crippen LogP contribution in [0.2, 0.25) is 0 Å². The lowest BCUT2D eigenvalue weighted by molar-refractivity contribution is 0.271. The van der Waals surface area contributed by atoms with E-state index in [9.17, 15) is 8.42 Å². The summed E-state index contributed by atoms with van der Waals surface area (Å²) in [5.74, 6) is 1.48. The molecule has 0 amide bonds. The third kappa shape index (κ3) is 3.95. The molecular weight excluding hydrogens is 234 g/mol. The number of hydrogen-bond donors (Lipinski definition) is 1. The SMILES string of the molecule is CC(C)CCS(=O)(=O)C1C(C)CC(C)CC1N. The van der Waals surface area contributed by atoms with Crippen LogP contribution >= 0.6 is 0 Å². The first-order valence-corrected chi connectivity index (χ1v) is 8.42. The molecule has 4 unspecified atom stereocenters. The Labute approximate surface area is 106 Å². The summed E-state index contributed by atoms with van der Waals surface area (Å²) in [5.41, 5.74) is 6.07. The van der Waals surface area contributed by atoms with Gasteiger partial charge in [-0.2, -0.15) is 0 Å². The first kappa shape index (κ1) is 15.0. The molecule has 0 spiro atoms. The van der Waals surface area contributed by atoms with Crippen LogP contribution in [-0.2, 0) is 9.84 Å². The molecule has 0 bridgehead atoms. The lowest BCUT2D eigenvalue weighted by Gasteiger charge is -2.37. The minimum Gasteiger partial charge on any atom is -0.327 e. The van der Waals surface area contributed by atoms with E-state index in [4.69, 9.17) is 5.73 Å². The van der Waals surface area contributed by atoms with Gasteiger partial charge in [0, 0.05) is 6.04 Å². The topological polar surface area (TPSA) is 60.2 Å². The van der Waals surface area contributed by atoms with Gasteiger partial charge in [-0.1, -0.05) is 27.7 Å². The maximum atomic E-state index is 12.3. The van der Waals surface area contributed by atoms with E-state index in [0.717, 1.165) is 19.3 Å². The van der Waals surface area contributed by atoms with Gasteiger partial charge in [0.25, 0.3) is 0 Å². The molecule has 17 heavy (non-hydrogen) atoms. The van der Waals surface area contributed by atoms with E-state index >= 15 is 0 Å². The van der Waals surface area contributed by atoms with Gasteiger partial charge in [0.05, 0.1) is 11.0 Å². The Balaban J connectivity index is 2.75. The van der Waals surface area contributed by atoms with Crippen molar-refractivity contribution in [2.45, 2.75) is 58.2 Å². The zero-order valence-electron chi connectivity index (χ0n) is 11.5. The average Bonchev–Trinajstić information content (AvgIpc) is 2.12. The van der Waals surface area contributed by atoms with Crippen LogP contribution in [0.3, 0.4) is 0 Å². The van der Waals surface area contributed by atoms with Gasteiger partial charge in [0.1, 0.15) is 0 Å². The number of hydrogen-bond acceptors (Lipinski definition) is 3. The molecule has 4 atom stereocenters. The van der Waals surface area contributed by atoms with Crippen LogP contribution in [-0.4, -0.2) is 25.5 Å². The van der Waals surface area contributed by atoms with Crippen molar-refractivity contribution >= 4 is 9.84 Å². The van der Waals surface area contributed by atoms with Crippen LogP contribution < -0.4 is 5.73 Å². The van der Waals surface area contributed by atoms with Crippen molar-refractivity contribution in [1.82, 2.24) is 0 Å². The van der Waals surface area contributed by atoms with Crippen molar-refractivity contribution in [3.05, 3.63) is 0 Å². The highest BCUT2D eigenvalue weighted by Gasteiger charge is 2.40. The molecule has 1 rings (SSSR count). The summed E-state index contributed by atoms with van der Waals surface area (Å²) >= 11 is 0. The molecule has 3 nitrogen and oxygen atoms in total. The van der Waals surface area contributed by atoms with E-state index in [2.05, 4.69) is 20.8 Å². The predicted molar refractivity (Wildman–Crippen MR) is 72.6 cm³/mol. The highest BCUT2D eigenvalue weighted by Crippen LogP contribution is 2.33. The molecule has 0 aliphatic heterocycles. The number of sulfone groups is 1. The third-order valence-corrected chi connectivity index (χ3v) is 6.27. The zero-order chi connectivity index (χ0) is 13.2. The predicted octanol–water partition coefficient (Wildman–Crippen LogP) is 2.21. The lowest BCUT2D eigenvalue weighted by Crippen LogP contribution is -2.50. The van der Waals surface area contributed by atoms with E-state index in [1.807, 2.05) is 6.92 Å². The number of nitrogens with two attached hydrogens (primary N) is 1. The van der Waals surface area contributed by atoms with Crippen LogP contribution in [0, 0.1) is 17.8 Å². The highest BCUT2D eigenvalue weighted by molar-refractivity contribution is 7.92. The van der Waals surface area contributed by atoms with E-state index < -0.39 is 9.84 Å². The molecule has 0 aromatic heterocycles. The van der Waals surface area contributed by atoms with Crippen molar-refractivity contribution in [3.8, 4) is 0 Å². The Morgan fingerprint density at radius 3 is 2.29 bits per heavy atom. The molecule has 0 aromatic carbocycles. The second-order valence-electron chi connectivity index (χ2n) is 6.23. The Morgan fingerprint density at radius 1 is 1.24 bits per heavy atom. The largest absolute Gasteiger partial charge is 0.327 e. The summed E-state index contributed by atoms with van der Waals surface area (Å²) in [7, 11) is -3.03. The standard InChI is InChI=1S/C13H27NO2S/c1-9(2)5-6-17(15,16)13-11(4)7-10(3)8-12(13)14/h9-13H,5-8,14H2,1-4H3. The minimum absolute atomic E-state index is 0.175. The molecule has 0 heterocycles. The second kappa shape index (κ2) is 5.70. The molecule has 0 saturated heterocycles. The van der Waals surface area contributed by atoms with Crippen molar-refractivity contribution in [2.24, 2.45) is 23.5 Å². The molecule has 4 heteroatoms. The van der Waals surface area contributed by atoms with E-state index in [0.29, 0.717) is 17.6 Å². The fourth-order valence-electron chi connectivity index (χ4n) is 3.04. The van der Waals surface area contributed by atoms with Gasteiger partial charge in [-0.3, -0.25) is 0 Å². The minimum atomic E-state index is -3.03. The Morgan fingerprint density at radius 2 is 1.82 bits per heavy atom. The van der Waals surface area contributed by atoms with Crippen LogP contribution in [0.5, 0.6) is 0 Å². The molecule has 0 aromatic rings. The third-order valence-electron chi connectivity index (χ3n) is 3.83. The molecule has 2 N–H and O–H groups in total. The highest BCUT2D eigenvalue weighted by atomic mass is 32.2. The van der Waals surface area contributed by atoms with Gasteiger partial charge in [-0.25, -0.2) is 8.42 Å². The van der Waals surface area contributed by atoms with Crippen molar-refractivity contribution in [1.29, 1.82) is 0 Å². The molecule has 1 fully saturated rings. The van der Waals surface area contributed by atoms with Crippen LogP contribution in [0.1, 0.15) is 47.0 Å². The first-order chi connectivity index (χ1) is 7.74. The smallest absolute Gasteiger partial charge is 0.154 e. The quantitative estimate of drug-likeness (QED) is 0.844. The summed E-state index contributed by atoms with van der Waals surface area (Å²) in [4.78, 5) is 0. The average molecular weight is 261 g/mol. The molecule has 102 valence electrons. The summed E-state index contributed by atoms with van der Waals surface area (Å²) in [6, 6.07) is -0.175. The Bertz CT molecular complexity index is 325. The normalized spacial score (nSPS) is 35.2. The van der Waals surface area contributed by atoms with Crippen LogP contribution in [0.4, 0.5) is 0 Å². The van der Waals surface area contributed by atoms with Crippen molar-refractivity contribution in [3.63, 3.8) is 0 Å². The molecule has 1 saturated carbocycles. The van der Waals surface area contributed by atoms with E-state index in [-0.39, 0.29) is 17.2 Å². The van der Waals surface area contributed by atoms with E-state index in [1.165, 1.54) is 0 Å². The van der Waals surface area contributed by atoms with Crippen LogP contribution in [0.25, 0.3) is 0 Å². The summed E-state index contributed by atoms with van der Waals surface area (Å²) < 4.78 is 24.7. The monoisotopic (exact) mass is 261 g/mol. The van der Waals surface area contributed by atoms with Gasteiger partial charge in [0.15, 0.2) is 9.84 Å². The Kier molecular flexibility index (Phi) is 5.02. The summed E-state index contributed by atoms with van der Waals surface area (Å²) in [6.07, 6.45) is 2.57. The summed E-state index contributed by atoms with van der Waals surface area (Å²) in [5, 5.41) is -0.322. The fourth-order valence-corrected chi connectivity index (χ4v) is 5.58. The second-order valence-corrected chi connectivity index (χ2v) is 8.51. The molecule has 1 aliphatic carbocycles. The van der Waals surface area contributed by atoms with Gasteiger partial charge in [0.2, 0.25) is 0 Å². The maximum absolute atomic E-state index is 12.3. The zero-order valence-corrected chi connectivity index (χ0v) is 12.3. The van der Waals surface area contributed by atoms with Crippen molar-refractivity contribution < 1.29 is 8.42 Å². The fraction of sp³-hybridized carbons (Fsp3) is 1.00. The molecule has 0 radical (unpaired) electrons. The van der Waals surface area contributed by atoms with Crippen molar-refractivity contribution in [2.75, 3.05) is 5.75 Å². The molecular formula is C13H27NO2S. The Hall–Kier alpha value is -0.0900. The number of rotatable bonds is 4. The van der Waals surface area contributed by atoms with E-state index in [1.54, 1.807) is 0 Å². The van der Waals surface area contributed by atoms with Gasteiger partial charge >= 0.3 is 0 Å². The first-order valence-electron chi connectivity index (χ1n) is 6.71. The molecule has 1 aliphatic rings. The van der Waals surface area contributed by atoms with Gasteiger partial charge < -0.3 is 5.73 Å². The van der Waals surface area contributed by atoms with Gasteiger partial charge in [-0.05, 0) is 37.0 Å².